The van der Waals surface area contributed by atoms with Crippen LogP contribution in [0.1, 0.15) is 29.8 Å². The van der Waals surface area contributed by atoms with Gasteiger partial charge < -0.3 is 24.4 Å². The molecule has 0 spiro atoms. The Hall–Kier alpha value is -3.22. The Morgan fingerprint density at radius 3 is 2.46 bits per heavy atom. The molecule has 148 valence electrons. The largest absolute Gasteiger partial charge is 0.454 e. The van der Waals surface area contributed by atoms with E-state index in [4.69, 9.17) is 14.2 Å². The monoisotopic (exact) mass is 384 g/mol. The summed E-state index contributed by atoms with van der Waals surface area (Å²) < 4.78 is 15.6. The molecule has 28 heavy (non-hydrogen) atoms. The van der Waals surface area contributed by atoms with Crippen LogP contribution < -0.4 is 19.7 Å². The number of carbonyl (C=O) groups excluding carboxylic acids is 2. The predicted octanol–water partition coefficient (Wildman–Crippen LogP) is 2.73. The highest BCUT2D eigenvalue weighted by molar-refractivity contribution is 5.91. The van der Waals surface area contributed by atoms with Gasteiger partial charge in [0.15, 0.2) is 18.1 Å². The van der Waals surface area contributed by atoms with Crippen LogP contribution in [0.15, 0.2) is 42.5 Å². The molecule has 0 bridgehead atoms. The van der Waals surface area contributed by atoms with Crippen LogP contribution in [0.3, 0.4) is 0 Å². The summed E-state index contributed by atoms with van der Waals surface area (Å²) in [6.45, 7) is 6.12. The molecule has 0 unspecified atom stereocenters. The summed E-state index contributed by atoms with van der Waals surface area (Å²) in [5.41, 5.74) is 2.33. The van der Waals surface area contributed by atoms with E-state index in [-0.39, 0.29) is 19.3 Å². The Morgan fingerprint density at radius 1 is 1.04 bits per heavy atom. The molecule has 0 aromatic heterocycles. The first-order valence-corrected chi connectivity index (χ1v) is 9.28. The van der Waals surface area contributed by atoms with E-state index in [2.05, 4.69) is 24.1 Å². The molecule has 3 rings (SSSR count). The van der Waals surface area contributed by atoms with E-state index in [0.29, 0.717) is 23.6 Å². The van der Waals surface area contributed by atoms with Crippen LogP contribution in [-0.4, -0.2) is 38.4 Å². The summed E-state index contributed by atoms with van der Waals surface area (Å²) in [7, 11) is 0. The van der Waals surface area contributed by atoms with Crippen LogP contribution in [0.2, 0.25) is 0 Å². The molecule has 1 aliphatic rings. The number of benzene rings is 2. The standard InChI is InChI=1S/C21H24N2O5/c1-3-23(4-2)17-8-6-16(7-9-17)21(25)26-13-20(24)22-12-15-5-10-18-19(11-15)28-14-27-18/h5-11H,3-4,12-14H2,1-2H3,(H,22,24). The van der Waals surface area contributed by atoms with Crippen LogP contribution in [0.25, 0.3) is 0 Å². The van der Waals surface area contributed by atoms with Gasteiger partial charge in [0, 0.05) is 25.3 Å². The second-order valence-corrected chi connectivity index (χ2v) is 6.26. The molecule has 1 heterocycles. The van der Waals surface area contributed by atoms with Gasteiger partial charge in [0.25, 0.3) is 5.91 Å². The Balaban J connectivity index is 1.45. The number of fused-ring (bicyclic) bond motifs is 1. The molecule has 1 N–H and O–H groups in total. The number of rotatable bonds is 8. The third-order valence-electron chi connectivity index (χ3n) is 4.49. The number of nitrogens with one attached hydrogen (secondary N) is 1. The quantitative estimate of drug-likeness (QED) is 0.705. The van der Waals surface area contributed by atoms with Crippen molar-refractivity contribution in [1.82, 2.24) is 5.32 Å². The van der Waals surface area contributed by atoms with Gasteiger partial charge in [0.2, 0.25) is 6.79 Å². The van der Waals surface area contributed by atoms with Gasteiger partial charge in [-0.1, -0.05) is 6.07 Å². The van der Waals surface area contributed by atoms with Crippen LogP contribution in [0, 0.1) is 0 Å². The molecule has 0 radical (unpaired) electrons. The lowest BCUT2D eigenvalue weighted by atomic mass is 10.2. The highest BCUT2D eigenvalue weighted by Gasteiger charge is 2.14. The van der Waals surface area contributed by atoms with Crippen molar-refractivity contribution in [3.8, 4) is 11.5 Å². The number of esters is 1. The van der Waals surface area contributed by atoms with Crippen molar-refractivity contribution < 1.29 is 23.8 Å². The summed E-state index contributed by atoms with van der Waals surface area (Å²) in [5, 5.41) is 2.72. The zero-order valence-corrected chi connectivity index (χ0v) is 16.1. The zero-order valence-electron chi connectivity index (χ0n) is 16.1. The average molecular weight is 384 g/mol. The fourth-order valence-electron chi connectivity index (χ4n) is 2.91. The highest BCUT2D eigenvalue weighted by Crippen LogP contribution is 2.32. The Kier molecular flexibility index (Phi) is 6.37. The SMILES string of the molecule is CCN(CC)c1ccc(C(=O)OCC(=O)NCc2ccc3c(c2)OCO3)cc1. The van der Waals surface area contributed by atoms with Gasteiger partial charge >= 0.3 is 5.97 Å². The molecule has 0 atom stereocenters. The van der Waals surface area contributed by atoms with Gasteiger partial charge in [-0.05, 0) is 55.8 Å². The number of hydrogen-bond donors (Lipinski definition) is 1. The lowest BCUT2D eigenvalue weighted by Crippen LogP contribution is -2.28. The maximum absolute atomic E-state index is 12.1. The smallest absolute Gasteiger partial charge is 0.338 e. The number of nitrogens with zero attached hydrogens (tertiary/aromatic N) is 1. The summed E-state index contributed by atoms with van der Waals surface area (Å²) in [5.74, 6) is 0.456. The van der Waals surface area contributed by atoms with Gasteiger partial charge in [-0.25, -0.2) is 4.79 Å². The molecule has 2 aromatic carbocycles. The molecule has 0 saturated heterocycles. The van der Waals surface area contributed by atoms with E-state index in [1.54, 1.807) is 18.2 Å². The molecular weight excluding hydrogens is 360 g/mol. The minimum atomic E-state index is -0.524. The molecule has 2 aromatic rings. The third kappa shape index (κ3) is 4.73. The number of ether oxygens (including phenoxy) is 3. The minimum absolute atomic E-state index is 0.205. The van der Waals surface area contributed by atoms with Crippen molar-refractivity contribution in [2.75, 3.05) is 31.4 Å². The lowest BCUT2D eigenvalue weighted by Gasteiger charge is -2.20. The fraction of sp³-hybridized carbons (Fsp3) is 0.333. The predicted molar refractivity (Wildman–Crippen MR) is 105 cm³/mol. The van der Waals surface area contributed by atoms with Crippen molar-refractivity contribution in [2.24, 2.45) is 0 Å². The first kappa shape index (κ1) is 19.5. The summed E-state index contributed by atoms with van der Waals surface area (Å²) >= 11 is 0. The van der Waals surface area contributed by atoms with Crippen LogP contribution in [0.5, 0.6) is 11.5 Å². The van der Waals surface area contributed by atoms with Crippen molar-refractivity contribution in [3.63, 3.8) is 0 Å². The molecular formula is C21H24N2O5. The molecule has 0 saturated carbocycles. The number of hydrogen-bond acceptors (Lipinski definition) is 6. The first-order chi connectivity index (χ1) is 13.6. The van der Waals surface area contributed by atoms with Gasteiger partial charge in [-0.15, -0.1) is 0 Å². The fourth-order valence-corrected chi connectivity index (χ4v) is 2.91. The number of anilines is 1. The van der Waals surface area contributed by atoms with Crippen LogP contribution in [0.4, 0.5) is 5.69 Å². The second-order valence-electron chi connectivity index (χ2n) is 6.26. The van der Waals surface area contributed by atoms with Crippen molar-refractivity contribution >= 4 is 17.6 Å². The highest BCUT2D eigenvalue weighted by atomic mass is 16.7. The summed E-state index contributed by atoms with van der Waals surface area (Å²) in [4.78, 5) is 26.3. The molecule has 7 nitrogen and oxygen atoms in total. The first-order valence-electron chi connectivity index (χ1n) is 9.28. The van der Waals surface area contributed by atoms with Gasteiger partial charge in [-0.2, -0.15) is 0 Å². The minimum Gasteiger partial charge on any atom is -0.454 e. The van der Waals surface area contributed by atoms with Crippen LogP contribution >= 0.6 is 0 Å². The number of carbonyl (C=O) groups is 2. The van der Waals surface area contributed by atoms with Crippen molar-refractivity contribution in [3.05, 3.63) is 53.6 Å². The zero-order chi connectivity index (χ0) is 19.9. The van der Waals surface area contributed by atoms with Gasteiger partial charge in [-0.3, -0.25) is 4.79 Å². The third-order valence-corrected chi connectivity index (χ3v) is 4.49. The topological polar surface area (TPSA) is 77.1 Å². The molecule has 0 fully saturated rings. The number of amides is 1. The van der Waals surface area contributed by atoms with Crippen LogP contribution in [-0.2, 0) is 16.1 Å². The van der Waals surface area contributed by atoms with E-state index in [1.165, 1.54) is 0 Å². The summed E-state index contributed by atoms with van der Waals surface area (Å²) in [6.07, 6.45) is 0. The Bertz CT molecular complexity index is 831. The maximum atomic E-state index is 12.1. The van der Waals surface area contributed by atoms with E-state index in [1.807, 2.05) is 24.3 Å². The summed E-state index contributed by atoms with van der Waals surface area (Å²) in [6, 6.07) is 12.6. The van der Waals surface area contributed by atoms with Gasteiger partial charge in [0.05, 0.1) is 5.56 Å². The molecule has 1 amide bonds. The Labute approximate surface area is 164 Å². The normalized spacial score (nSPS) is 11.8. The second kappa shape index (κ2) is 9.12. The van der Waals surface area contributed by atoms with E-state index >= 15 is 0 Å². The van der Waals surface area contributed by atoms with Crippen molar-refractivity contribution in [1.29, 1.82) is 0 Å². The lowest BCUT2D eigenvalue weighted by molar-refractivity contribution is -0.124. The van der Waals surface area contributed by atoms with Crippen molar-refractivity contribution in [2.45, 2.75) is 20.4 Å². The molecule has 1 aliphatic heterocycles. The van der Waals surface area contributed by atoms with E-state index in [0.717, 1.165) is 24.3 Å². The van der Waals surface area contributed by atoms with E-state index in [9.17, 15) is 9.59 Å². The molecule has 0 aliphatic carbocycles. The Morgan fingerprint density at radius 2 is 1.75 bits per heavy atom. The van der Waals surface area contributed by atoms with Gasteiger partial charge in [0.1, 0.15) is 0 Å². The average Bonchev–Trinajstić information content (AvgIpc) is 3.19. The van der Waals surface area contributed by atoms with E-state index < -0.39 is 5.97 Å². The maximum Gasteiger partial charge on any atom is 0.338 e. The molecule has 7 heteroatoms.